The van der Waals surface area contributed by atoms with Gasteiger partial charge in [-0.25, -0.2) is 0 Å². The number of nitrogens with one attached hydrogen (secondary N) is 1. The zero-order valence-electron chi connectivity index (χ0n) is 23.5. The Balaban J connectivity index is 1.36. The molecule has 1 fully saturated rings. The van der Waals surface area contributed by atoms with Gasteiger partial charge in [0.2, 0.25) is 11.8 Å². The Kier molecular flexibility index (Phi) is 8.31. The molecule has 4 heterocycles. The maximum atomic E-state index is 14.3. The predicted molar refractivity (Wildman–Crippen MR) is 161 cm³/mol. The van der Waals surface area contributed by atoms with Gasteiger partial charge in [-0.1, -0.05) is 6.07 Å². The molecule has 3 aliphatic heterocycles. The van der Waals surface area contributed by atoms with Crippen LogP contribution in [0.1, 0.15) is 56.0 Å². The van der Waals surface area contributed by atoms with Gasteiger partial charge in [0.1, 0.15) is 6.04 Å². The summed E-state index contributed by atoms with van der Waals surface area (Å²) >= 11 is 1.47. The van der Waals surface area contributed by atoms with Gasteiger partial charge in [-0.3, -0.25) is 19.2 Å². The number of amides is 3. The third-order valence-corrected chi connectivity index (χ3v) is 9.19. The number of carbonyl (C=O) groups excluding carboxylic acids is 3. The van der Waals surface area contributed by atoms with Crippen LogP contribution in [-0.2, 0) is 38.5 Å². The fraction of sp³-hybridized carbons (Fsp3) is 0.310. The number of nitrogens with zero attached hydrogens (tertiary/aromatic N) is 1. The van der Waals surface area contributed by atoms with Crippen LogP contribution in [0.3, 0.4) is 0 Å². The van der Waals surface area contributed by atoms with Crippen molar-refractivity contribution in [1.29, 1.82) is 0 Å². The maximum Gasteiger partial charge on any atom is 0.491 e. The van der Waals surface area contributed by atoms with Crippen LogP contribution in [0.4, 0.5) is 0 Å². The number of hydrogen-bond acceptors (Lipinski definition) is 9. The summed E-state index contributed by atoms with van der Waals surface area (Å²) in [5.41, 5.74) is 8.75. The molecule has 1 aromatic heterocycles. The fourth-order valence-corrected chi connectivity index (χ4v) is 6.96. The predicted octanol–water partition coefficient (Wildman–Crippen LogP) is -0.244. The highest BCUT2D eigenvalue weighted by Crippen LogP contribution is 2.34. The number of likely N-dealkylation sites (tertiary alicyclic amines) is 1. The Morgan fingerprint density at radius 2 is 1.84 bits per heavy atom. The number of aliphatic carboxylic acids is 1. The van der Waals surface area contributed by atoms with Gasteiger partial charge in [-0.05, 0) is 81.7 Å². The zero-order chi connectivity index (χ0) is 31.1. The minimum absolute atomic E-state index is 0.0265. The van der Waals surface area contributed by atoms with Crippen LogP contribution >= 0.6 is 11.3 Å². The van der Waals surface area contributed by atoms with Crippen molar-refractivity contribution in [1.82, 2.24) is 10.2 Å². The number of thiophene rings is 1. The molecular formula is C29H29B2N3O9S. The van der Waals surface area contributed by atoms with Gasteiger partial charge in [0.05, 0.1) is 19.6 Å². The molecule has 12 nitrogen and oxygen atoms in total. The lowest BCUT2D eigenvalue weighted by molar-refractivity contribution is -0.137. The van der Waals surface area contributed by atoms with Gasteiger partial charge in [0.25, 0.3) is 5.91 Å². The molecule has 1 saturated heterocycles. The largest absolute Gasteiger partial charge is 0.491 e. The van der Waals surface area contributed by atoms with Gasteiger partial charge in [0.15, 0.2) is 0 Å². The van der Waals surface area contributed by atoms with E-state index in [-0.39, 0.29) is 37.3 Å². The molecule has 0 radical (unpaired) electrons. The van der Waals surface area contributed by atoms with Crippen molar-refractivity contribution < 1.29 is 43.6 Å². The summed E-state index contributed by atoms with van der Waals surface area (Å²) in [5.74, 6) is -2.70. The van der Waals surface area contributed by atoms with Crippen LogP contribution < -0.4 is 22.0 Å². The van der Waals surface area contributed by atoms with E-state index < -0.39 is 50.0 Å². The SMILES string of the molecule is NC(=O)c1cc2c(c(-c3cc4c(cc3C(=O)N3CCC[C@H]3C(=O)N[C@@H](CC(=O)O)Cc3cccs3)B(O)OC4)c1)COB2O. The summed E-state index contributed by atoms with van der Waals surface area (Å²) in [6.07, 6.45) is 1.01. The number of benzene rings is 2. The lowest BCUT2D eigenvalue weighted by Gasteiger charge is -2.27. The van der Waals surface area contributed by atoms with Gasteiger partial charge >= 0.3 is 20.2 Å². The van der Waals surface area contributed by atoms with Crippen molar-refractivity contribution >= 4 is 60.2 Å². The van der Waals surface area contributed by atoms with Crippen LogP contribution in [0.5, 0.6) is 0 Å². The summed E-state index contributed by atoms with van der Waals surface area (Å²) in [5, 5.41) is 35.1. The Labute approximate surface area is 257 Å². The number of fused-ring (bicyclic) bond motifs is 2. The number of hydrogen-bond donors (Lipinski definition) is 5. The number of primary amides is 1. The van der Waals surface area contributed by atoms with E-state index in [1.54, 1.807) is 12.1 Å². The molecule has 0 bridgehead atoms. The Morgan fingerprint density at radius 1 is 1.07 bits per heavy atom. The lowest BCUT2D eigenvalue weighted by Crippen LogP contribution is -2.50. The van der Waals surface area contributed by atoms with Crippen LogP contribution in [0.2, 0.25) is 0 Å². The van der Waals surface area contributed by atoms with E-state index >= 15 is 0 Å². The van der Waals surface area contributed by atoms with Crippen molar-refractivity contribution in [2.75, 3.05) is 6.54 Å². The normalized spacial score (nSPS) is 17.9. The molecule has 226 valence electrons. The van der Waals surface area contributed by atoms with Crippen molar-refractivity contribution in [2.45, 2.75) is 51.0 Å². The molecule has 0 spiro atoms. The number of carboxylic acid groups (broad SMARTS) is 1. The smallest absolute Gasteiger partial charge is 0.481 e. The van der Waals surface area contributed by atoms with Gasteiger partial charge in [-0.2, -0.15) is 0 Å². The summed E-state index contributed by atoms with van der Waals surface area (Å²) in [6.45, 7) is 0.402. The standard InChI is InChI=1S/C29H29B2N3O9S/c32-27(37)15-7-20(22-14-43-31(41)24(22)9-15)19-8-16-13-42-30(40)23(16)12-21(19)29(39)34-5-1-4-25(34)28(38)33-17(11-26(35)36)10-18-3-2-6-44-18/h2-3,6-9,12,17,25,40-41H,1,4-5,10-11,13-14H2,(H2,32,37)(H,33,38)(H,35,36)/t17-,25+/m1/s1. The van der Waals surface area contributed by atoms with Crippen LogP contribution in [0, 0.1) is 0 Å². The molecule has 0 saturated carbocycles. The molecule has 3 aromatic rings. The van der Waals surface area contributed by atoms with E-state index in [9.17, 15) is 34.3 Å². The third kappa shape index (κ3) is 5.76. The fourth-order valence-electron chi connectivity index (χ4n) is 6.18. The van der Waals surface area contributed by atoms with E-state index in [1.807, 2.05) is 17.5 Å². The van der Waals surface area contributed by atoms with E-state index in [4.69, 9.17) is 15.0 Å². The number of carboxylic acids is 1. The first kappa shape index (κ1) is 30.0. The highest BCUT2D eigenvalue weighted by molar-refractivity contribution is 7.09. The van der Waals surface area contributed by atoms with Gasteiger partial charge < -0.3 is 40.4 Å². The van der Waals surface area contributed by atoms with Crippen molar-refractivity contribution in [3.63, 3.8) is 0 Å². The number of carbonyl (C=O) groups is 4. The molecule has 2 aromatic carbocycles. The quantitative estimate of drug-likeness (QED) is 0.202. The van der Waals surface area contributed by atoms with Gasteiger partial charge in [-0.15, -0.1) is 11.3 Å². The first-order valence-electron chi connectivity index (χ1n) is 14.2. The average Bonchev–Trinajstić information content (AvgIpc) is 3.80. The first-order chi connectivity index (χ1) is 21.1. The molecule has 0 unspecified atom stereocenters. The molecule has 6 rings (SSSR count). The summed E-state index contributed by atoms with van der Waals surface area (Å²) < 4.78 is 10.8. The second-order valence-corrected chi connectivity index (χ2v) is 12.2. The van der Waals surface area contributed by atoms with Gasteiger partial charge in [0, 0.05) is 35.0 Å². The molecular weight excluding hydrogens is 588 g/mol. The van der Waals surface area contributed by atoms with Crippen LogP contribution in [-0.4, -0.2) is 76.6 Å². The zero-order valence-corrected chi connectivity index (χ0v) is 24.3. The maximum absolute atomic E-state index is 14.3. The monoisotopic (exact) mass is 617 g/mol. The summed E-state index contributed by atoms with van der Waals surface area (Å²) in [4.78, 5) is 54.0. The Morgan fingerprint density at radius 3 is 2.57 bits per heavy atom. The van der Waals surface area contributed by atoms with Crippen LogP contribution in [0.25, 0.3) is 11.1 Å². The lowest BCUT2D eigenvalue weighted by atomic mass is 9.74. The minimum atomic E-state index is -1.28. The molecule has 3 amide bonds. The van der Waals surface area contributed by atoms with E-state index in [0.717, 1.165) is 4.88 Å². The highest BCUT2D eigenvalue weighted by atomic mass is 32.1. The first-order valence-corrected chi connectivity index (χ1v) is 15.1. The number of rotatable bonds is 9. The Bertz CT molecular complexity index is 1650. The molecule has 6 N–H and O–H groups in total. The van der Waals surface area contributed by atoms with Crippen molar-refractivity contribution in [3.8, 4) is 11.1 Å². The highest BCUT2D eigenvalue weighted by Gasteiger charge is 2.39. The van der Waals surface area contributed by atoms with E-state index in [2.05, 4.69) is 5.32 Å². The second kappa shape index (κ2) is 12.2. The van der Waals surface area contributed by atoms with Crippen molar-refractivity contribution in [2.24, 2.45) is 5.73 Å². The summed E-state index contributed by atoms with van der Waals surface area (Å²) in [7, 11) is -2.52. The Hall–Kier alpha value is -4.01. The second-order valence-electron chi connectivity index (χ2n) is 11.1. The van der Waals surface area contributed by atoms with Crippen molar-refractivity contribution in [3.05, 3.63) is 68.9 Å². The average molecular weight is 617 g/mol. The molecule has 0 aliphatic carbocycles. The van der Waals surface area contributed by atoms with E-state index in [1.165, 1.54) is 28.4 Å². The van der Waals surface area contributed by atoms with Crippen LogP contribution in [0.15, 0.2) is 41.8 Å². The minimum Gasteiger partial charge on any atom is -0.481 e. The molecule has 2 atom stereocenters. The molecule has 3 aliphatic rings. The topological polar surface area (TPSA) is 189 Å². The third-order valence-electron chi connectivity index (χ3n) is 8.29. The van der Waals surface area contributed by atoms with E-state index in [0.29, 0.717) is 52.4 Å². The summed E-state index contributed by atoms with van der Waals surface area (Å²) in [6, 6.07) is 8.47. The molecule has 15 heteroatoms. The molecule has 44 heavy (non-hydrogen) atoms. The number of nitrogens with two attached hydrogens (primary N) is 1.